The number of carbonyl (C=O) groups excluding carboxylic acids is 1. The first-order valence-electron chi connectivity index (χ1n) is 10.2. The second-order valence-electron chi connectivity index (χ2n) is 7.82. The highest BCUT2D eigenvalue weighted by atomic mass is 79.9. The fourth-order valence-corrected chi connectivity index (χ4v) is 4.82. The van der Waals surface area contributed by atoms with Crippen molar-refractivity contribution in [2.45, 2.75) is 52.4 Å². The maximum absolute atomic E-state index is 14.3. The zero-order valence-corrected chi connectivity index (χ0v) is 21.5. The molecule has 0 aliphatic carbocycles. The van der Waals surface area contributed by atoms with Gasteiger partial charge in [0, 0.05) is 12.0 Å². The van der Waals surface area contributed by atoms with E-state index >= 15 is 0 Å². The van der Waals surface area contributed by atoms with Gasteiger partial charge < -0.3 is 19.1 Å². The quantitative estimate of drug-likeness (QED) is 0.308. The number of aromatic nitrogens is 2. The molecule has 1 N–H and O–H groups in total. The van der Waals surface area contributed by atoms with E-state index in [2.05, 4.69) is 31.2 Å². The highest BCUT2D eigenvalue weighted by molar-refractivity contribution is 9.10. The van der Waals surface area contributed by atoms with E-state index in [1.54, 1.807) is 34.6 Å². The van der Waals surface area contributed by atoms with E-state index in [1.807, 2.05) is 0 Å². The summed E-state index contributed by atoms with van der Waals surface area (Å²) in [6, 6.07) is 3.50. The Morgan fingerprint density at radius 2 is 1.76 bits per heavy atom. The van der Waals surface area contributed by atoms with Crippen molar-refractivity contribution in [1.29, 1.82) is 0 Å². The molecule has 182 valence electrons. The first-order valence-corrected chi connectivity index (χ1v) is 12.6. The molecule has 1 aromatic carbocycles. The molecule has 2 rings (SSSR count). The molecule has 0 fully saturated rings. The lowest BCUT2D eigenvalue weighted by Crippen LogP contribution is -2.38. The van der Waals surface area contributed by atoms with Gasteiger partial charge >= 0.3 is 13.6 Å². The molecule has 0 aliphatic rings. The number of anilines is 1. The Hall–Kier alpha value is -1.94. The van der Waals surface area contributed by atoms with Crippen molar-refractivity contribution in [3.05, 3.63) is 51.9 Å². The first-order chi connectivity index (χ1) is 15.4. The van der Waals surface area contributed by atoms with Crippen LogP contribution >= 0.6 is 23.5 Å². The minimum atomic E-state index is -4.08. The van der Waals surface area contributed by atoms with Gasteiger partial charge in [0.2, 0.25) is 5.78 Å². The van der Waals surface area contributed by atoms with Crippen LogP contribution in [-0.2, 0) is 29.6 Å². The van der Waals surface area contributed by atoms with Gasteiger partial charge in [-0.1, -0.05) is 6.07 Å². The zero-order valence-electron chi connectivity index (χ0n) is 19.0. The van der Waals surface area contributed by atoms with E-state index in [4.69, 9.17) is 13.8 Å². The van der Waals surface area contributed by atoms with Crippen LogP contribution in [0.2, 0.25) is 0 Å². The van der Waals surface area contributed by atoms with Crippen LogP contribution in [0.15, 0.2) is 29.0 Å². The Kier molecular flexibility index (Phi) is 9.48. The second-order valence-corrected chi connectivity index (χ2v) is 10.7. The molecule has 8 nitrogen and oxygen atoms in total. The van der Waals surface area contributed by atoms with Crippen molar-refractivity contribution in [3.63, 3.8) is 0 Å². The predicted octanol–water partition coefficient (Wildman–Crippen LogP) is 5.45. The lowest BCUT2D eigenvalue weighted by atomic mass is 10.1. The summed E-state index contributed by atoms with van der Waals surface area (Å²) in [6.45, 7) is 8.16. The SMILES string of the molecule is CCOP(=O)(OCC)C(Nc1ncc(Br)nc1Cc1c(F)cccc1F)C(=O)OC(C)(C)C. The van der Waals surface area contributed by atoms with E-state index in [1.165, 1.54) is 12.3 Å². The zero-order chi connectivity index (χ0) is 24.8. The molecule has 1 unspecified atom stereocenters. The van der Waals surface area contributed by atoms with Gasteiger partial charge in [-0.2, -0.15) is 0 Å². The monoisotopic (exact) mass is 549 g/mol. The normalized spacial score (nSPS) is 13.0. The predicted molar refractivity (Wildman–Crippen MR) is 123 cm³/mol. The highest BCUT2D eigenvalue weighted by Gasteiger charge is 2.44. The molecular weight excluding hydrogens is 523 g/mol. The second kappa shape index (κ2) is 11.5. The third kappa shape index (κ3) is 7.53. The molecule has 0 saturated heterocycles. The molecule has 12 heteroatoms. The van der Waals surface area contributed by atoms with Gasteiger partial charge in [-0.15, -0.1) is 0 Å². The standard InChI is InChI=1S/C21H27BrF2N3O5P/c1-6-30-33(29,31-7-2)19(20(28)32-21(3,4)5)27-18-16(26-17(22)12-25-18)11-13-14(23)9-8-10-15(13)24/h8-10,12,19H,6-7,11H2,1-5H3,(H,25,27). The average Bonchev–Trinajstić information content (AvgIpc) is 2.69. The smallest absolute Gasteiger partial charge is 0.364 e. The fraction of sp³-hybridized carbons (Fsp3) is 0.476. The topological polar surface area (TPSA) is 99.6 Å². The van der Waals surface area contributed by atoms with Gasteiger partial charge in [0.15, 0.2) is 0 Å². The molecule has 0 radical (unpaired) electrons. The van der Waals surface area contributed by atoms with Gasteiger partial charge in [-0.25, -0.2) is 23.5 Å². The number of esters is 1. The van der Waals surface area contributed by atoms with E-state index < -0.39 is 36.6 Å². The highest BCUT2D eigenvalue weighted by Crippen LogP contribution is 2.53. The molecule has 33 heavy (non-hydrogen) atoms. The Bertz CT molecular complexity index is 1010. The number of ether oxygens (including phenoxy) is 1. The lowest BCUT2D eigenvalue weighted by molar-refractivity contribution is -0.154. The molecule has 2 aromatic rings. The fourth-order valence-electron chi connectivity index (χ4n) is 2.82. The molecule has 0 saturated carbocycles. The van der Waals surface area contributed by atoms with E-state index in [0.717, 1.165) is 12.1 Å². The summed E-state index contributed by atoms with van der Waals surface area (Å²) < 4.78 is 58.4. The van der Waals surface area contributed by atoms with E-state index in [0.29, 0.717) is 4.60 Å². The molecule has 0 spiro atoms. The number of rotatable bonds is 10. The Balaban J connectivity index is 2.53. The number of benzene rings is 1. The van der Waals surface area contributed by atoms with Crippen molar-refractivity contribution < 1.29 is 31.9 Å². The van der Waals surface area contributed by atoms with Gasteiger partial charge in [-0.05, 0) is 62.7 Å². The van der Waals surface area contributed by atoms with Crippen LogP contribution < -0.4 is 5.32 Å². The van der Waals surface area contributed by atoms with Crippen molar-refractivity contribution in [2.75, 3.05) is 18.5 Å². The molecule has 1 heterocycles. The van der Waals surface area contributed by atoms with Crippen molar-refractivity contribution in [2.24, 2.45) is 0 Å². The summed E-state index contributed by atoms with van der Waals surface area (Å²) >= 11 is 3.19. The number of halogens is 3. The number of hydrogen-bond acceptors (Lipinski definition) is 8. The Morgan fingerprint density at radius 1 is 1.18 bits per heavy atom. The third-order valence-electron chi connectivity index (χ3n) is 4.06. The van der Waals surface area contributed by atoms with Crippen molar-refractivity contribution in [1.82, 2.24) is 9.97 Å². The molecular formula is C21H27BrF2N3O5P. The van der Waals surface area contributed by atoms with Gasteiger partial charge in [0.25, 0.3) is 0 Å². The van der Waals surface area contributed by atoms with Crippen LogP contribution in [0.25, 0.3) is 0 Å². The number of hydrogen-bond donors (Lipinski definition) is 1. The average molecular weight is 550 g/mol. The number of nitrogens with zero attached hydrogens (tertiary/aromatic N) is 2. The number of nitrogens with one attached hydrogen (secondary N) is 1. The minimum absolute atomic E-state index is 0.00241. The van der Waals surface area contributed by atoms with Crippen LogP contribution in [0.4, 0.5) is 14.6 Å². The van der Waals surface area contributed by atoms with Crippen LogP contribution in [0.1, 0.15) is 45.9 Å². The summed E-state index contributed by atoms with van der Waals surface area (Å²) in [4.78, 5) is 21.4. The summed E-state index contributed by atoms with van der Waals surface area (Å²) in [7, 11) is -4.08. The van der Waals surface area contributed by atoms with Crippen LogP contribution in [0, 0.1) is 11.6 Å². The van der Waals surface area contributed by atoms with Gasteiger partial charge in [-0.3, -0.25) is 4.57 Å². The maximum atomic E-state index is 14.3. The largest absolute Gasteiger partial charge is 0.458 e. The van der Waals surface area contributed by atoms with Crippen LogP contribution in [-0.4, -0.2) is 40.5 Å². The van der Waals surface area contributed by atoms with Crippen molar-refractivity contribution >= 4 is 35.3 Å². The van der Waals surface area contributed by atoms with Crippen molar-refractivity contribution in [3.8, 4) is 0 Å². The maximum Gasteiger partial charge on any atom is 0.364 e. The summed E-state index contributed by atoms with van der Waals surface area (Å²) in [5, 5.41) is 2.74. The summed E-state index contributed by atoms with van der Waals surface area (Å²) in [5.74, 6) is -4.06. The summed E-state index contributed by atoms with van der Waals surface area (Å²) in [5.41, 5.74) is -1.04. The van der Waals surface area contributed by atoms with Crippen LogP contribution in [0.3, 0.4) is 0 Å². The van der Waals surface area contributed by atoms with E-state index in [-0.39, 0.29) is 36.7 Å². The van der Waals surface area contributed by atoms with E-state index in [9.17, 15) is 18.1 Å². The third-order valence-corrected chi connectivity index (χ3v) is 6.65. The molecule has 1 atom stereocenters. The molecule has 1 aromatic heterocycles. The molecule has 0 amide bonds. The van der Waals surface area contributed by atoms with Gasteiger partial charge in [0.1, 0.15) is 27.7 Å². The minimum Gasteiger partial charge on any atom is -0.458 e. The Morgan fingerprint density at radius 3 is 2.27 bits per heavy atom. The molecule has 0 bridgehead atoms. The Labute approximate surface area is 200 Å². The molecule has 0 aliphatic heterocycles. The van der Waals surface area contributed by atoms with Gasteiger partial charge in [0.05, 0.1) is 25.1 Å². The van der Waals surface area contributed by atoms with Crippen LogP contribution in [0.5, 0.6) is 0 Å². The first kappa shape index (κ1) is 27.3. The number of carbonyl (C=O) groups is 1. The summed E-state index contributed by atoms with van der Waals surface area (Å²) in [6.07, 6.45) is 1.03. The lowest BCUT2D eigenvalue weighted by Gasteiger charge is -2.29.